The second-order valence-corrected chi connectivity index (χ2v) is 7.01. The van der Waals surface area contributed by atoms with Crippen molar-refractivity contribution < 1.29 is 14.7 Å². The molecule has 0 unspecified atom stereocenters. The van der Waals surface area contributed by atoms with Crippen LogP contribution in [0.25, 0.3) is 6.08 Å². The lowest BCUT2D eigenvalue weighted by molar-refractivity contribution is -0.123. The summed E-state index contributed by atoms with van der Waals surface area (Å²) < 4.78 is 0.230. The highest BCUT2D eigenvalue weighted by molar-refractivity contribution is 8.26. The van der Waals surface area contributed by atoms with E-state index in [9.17, 15) is 14.7 Å². The molecule has 0 aromatic heterocycles. The van der Waals surface area contributed by atoms with Gasteiger partial charge in [-0.3, -0.25) is 15.0 Å². The number of aromatic hydroxyl groups is 1. The number of para-hydroxylation sites is 1. The van der Waals surface area contributed by atoms with Gasteiger partial charge in [-0.15, -0.1) is 0 Å². The predicted octanol–water partition coefficient (Wildman–Crippen LogP) is 3.25. The summed E-state index contributed by atoms with van der Waals surface area (Å²) in [6, 6.07) is 13.8. The second kappa shape index (κ2) is 7.08. The maximum absolute atomic E-state index is 12.6. The largest absolute Gasteiger partial charge is 0.507 e. The Bertz CT molecular complexity index is 909. The Kier molecular flexibility index (Phi) is 4.87. The SMILES string of the molecule is Cc1ccccc1/C=C1\SC(=S)N(NC(=O)c2ccccc2O)C1=O. The van der Waals surface area contributed by atoms with E-state index in [1.807, 2.05) is 31.2 Å². The van der Waals surface area contributed by atoms with Crippen molar-refractivity contribution in [2.75, 3.05) is 0 Å². The molecule has 1 saturated heterocycles. The molecule has 2 aromatic carbocycles. The smallest absolute Gasteiger partial charge is 0.285 e. The van der Waals surface area contributed by atoms with E-state index >= 15 is 0 Å². The number of hydrogen-bond acceptors (Lipinski definition) is 5. The van der Waals surface area contributed by atoms with Gasteiger partial charge in [-0.05, 0) is 48.5 Å². The van der Waals surface area contributed by atoms with E-state index in [1.165, 1.54) is 12.1 Å². The first-order valence-electron chi connectivity index (χ1n) is 7.40. The highest BCUT2D eigenvalue weighted by Gasteiger charge is 2.34. The molecule has 1 fully saturated rings. The average molecular weight is 370 g/mol. The Morgan fingerprint density at radius 3 is 2.60 bits per heavy atom. The summed E-state index contributed by atoms with van der Waals surface area (Å²) in [5, 5.41) is 10.8. The van der Waals surface area contributed by atoms with Crippen molar-refractivity contribution in [2.24, 2.45) is 0 Å². The monoisotopic (exact) mass is 370 g/mol. The summed E-state index contributed by atoms with van der Waals surface area (Å²) in [7, 11) is 0. The van der Waals surface area contributed by atoms with Crippen molar-refractivity contribution in [3.8, 4) is 5.75 Å². The van der Waals surface area contributed by atoms with E-state index in [1.54, 1.807) is 18.2 Å². The molecule has 0 spiro atoms. The highest BCUT2D eigenvalue weighted by Crippen LogP contribution is 2.32. The van der Waals surface area contributed by atoms with Gasteiger partial charge in [0.25, 0.3) is 11.8 Å². The lowest BCUT2D eigenvalue weighted by Gasteiger charge is -2.16. The van der Waals surface area contributed by atoms with Crippen LogP contribution < -0.4 is 5.43 Å². The van der Waals surface area contributed by atoms with Crippen LogP contribution in [0.15, 0.2) is 53.4 Å². The fourth-order valence-electron chi connectivity index (χ4n) is 2.28. The van der Waals surface area contributed by atoms with Gasteiger partial charge in [-0.25, -0.2) is 0 Å². The maximum Gasteiger partial charge on any atom is 0.285 e. The van der Waals surface area contributed by atoms with E-state index < -0.39 is 11.8 Å². The first-order valence-corrected chi connectivity index (χ1v) is 8.62. The van der Waals surface area contributed by atoms with Crippen molar-refractivity contribution in [3.05, 3.63) is 70.1 Å². The number of phenolic OH excluding ortho intramolecular Hbond substituents is 1. The number of carbonyl (C=O) groups is 2. The number of phenols is 1. The molecule has 0 bridgehead atoms. The summed E-state index contributed by atoms with van der Waals surface area (Å²) >= 11 is 6.31. The number of amides is 2. The molecule has 3 rings (SSSR count). The number of hydrazine groups is 1. The molecule has 2 amide bonds. The number of carbonyl (C=O) groups excluding carboxylic acids is 2. The highest BCUT2D eigenvalue weighted by atomic mass is 32.2. The number of thiocarbonyl (C=S) groups is 1. The topological polar surface area (TPSA) is 69.6 Å². The van der Waals surface area contributed by atoms with Crippen LogP contribution in [0.1, 0.15) is 21.5 Å². The number of aryl methyl sites for hydroxylation is 1. The number of nitrogens with zero attached hydrogens (tertiary/aromatic N) is 1. The summed E-state index contributed by atoms with van der Waals surface area (Å²) in [6.07, 6.45) is 1.75. The van der Waals surface area contributed by atoms with Crippen LogP contribution in [0.4, 0.5) is 0 Å². The number of thioether (sulfide) groups is 1. The molecule has 0 saturated carbocycles. The van der Waals surface area contributed by atoms with Gasteiger partial charge in [0.1, 0.15) is 5.75 Å². The summed E-state index contributed by atoms with van der Waals surface area (Å²) in [6.45, 7) is 1.95. The van der Waals surface area contributed by atoms with E-state index in [0.29, 0.717) is 4.91 Å². The first kappa shape index (κ1) is 17.2. The van der Waals surface area contributed by atoms with E-state index in [4.69, 9.17) is 12.2 Å². The Labute approximate surface area is 154 Å². The standard InChI is InChI=1S/C18H14N2O3S2/c1-11-6-2-3-7-12(11)10-15-17(23)20(18(24)25-15)19-16(22)13-8-4-5-9-14(13)21/h2-10,21H,1H3,(H,19,22)/b15-10-. The molecule has 0 atom stereocenters. The normalized spacial score (nSPS) is 15.7. The number of rotatable bonds is 3. The molecule has 1 aliphatic heterocycles. The van der Waals surface area contributed by atoms with Crippen molar-refractivity contribution >= 4 is 46.2 Å². The van der Waals surface area contributed by atoms with Crippen molar-refractivity contribution in [1.82, 2.24) is 10.4 Å². The lowest BCUT2D eigenvalue weighted by atomic mass is 10.1. The molecule has 1 heterocycles. The molecular weight excluding hydrogens is 356 g/mol. The van der Waals surface area contributed by atoms with E-state index in [0.717, 1.165) is 27.9 Å². The Balaban J connectivity index is 1.81. The van der Waals surface area contributed by atoms with Crippen LogP contribution in [-0.4, -0.2) is 26.3 Å². The fourth-order valence-corrected chi connectivity index (χ4v) is 3.45. The van der Waals surface area contributed by atoms with Crippen LogP contribution in [0, 0.1) is 6.92 Å². The lowest BCUT2D eigenvalue weighted by Crippen LogP contribution is -2.44. The van der Waals surface area contributed by atoms with Crippen LogP contribution in [-0.2, 0) is 4.79 Å². The van der Waals surface area contributed by atoms with Gasteiger partial charge < -0.3 is 5.11 Å². The molecule has 25 heavy (non-hydrogen) atoms. The molecule has 0 radical (unpaired) electrons. The van der Waals surface area contributed by atoms with E-state index in [2.05, 4.69) is 5.43 Å². The van der Waals surface area contributed by atoms with Crippen LogP contribution in [0.3, 0.4) is 0 Å². The third-order valence-electron chi connectivity index (χ3n) is 3.63. The molecule has 2 N–H and O–H groups in total. The fraction of sp³-hybridized carbons (Fsp3) is 0.0556. The van der Waals surface area contributed by atoms with Crippen molar-refractivity contribution in [1.29, 1.82) is 0 Å². The Hall–Kier alpha value is -2.64. The van der Waals surface area contributed by atoms with Gasteiger partial charge in [0.2, 0.25) is 0 Å². The van der Waals surface area contributed by atoms with Gasteiger partial charge in [-0.2, -0.15) is 5.01 Å². The first-order chi connectivity index (χ1) is 12.0. The Morgan fingerprint density at radius 1 is 1.20 bits per heavy atom. The minimum Gasteiger partial charge on any atom is -0.507 e. The van der Waals surface area contributed by atoms with E-state index in [-0.39, 0.29) is 15.6 Å². The van der Waals surface area contributed by atoms with Crippen molar-refractivity contribution in [2.45, 2.75) is 6.92 Å². The number of nitrogens with one attached hydrogen (secondary N) is 1. The molecule has 126 valence electrons. The summed E-state index contributed by atoms with van der Waals surface area (Å²) in [4.78, 5) is 25.3. The quantitative estimate of drug-likeness (QED) is 0.641. The molecule has 7 heteroatoms. The minimum atomic E-state index is -0.605. The van der Waals surface area contributed by atoms with Gasteiger partial charge in [0.15, 0.2) is 4.32 Å². The van der Waals surface area contributed by atoms with Crippen LogP contribution in [0.2, 0.25) is 0 Å². The number of benzene rings is 2. The predicted molar refractivity (Wildman–Crippen MR) is 102 cm³/mol. The molecule has 5 nitrogen and oxygen atoms in total. The number of hydrogen-bond donors (Lipinski definition) is 2. The molecule has 0 aliphatic carbocycles. The zero-order valence-corrected chi connectivity index (χ0v) is 14.9. The maximum atomic E-state index is 12.6. The minimum absolute atomic E-state index is 0.0689. The molecule has 2 aromatic rings. The zero-order valence-electron chi connectivity index (χ0n) is 13.2. The van der Waals surface area contributed by atoms with Gasteiger partial charge in [-0.1, -0.05) is 48.2 Å². The third kappa shape index (κ3) is 3.57. The van der Waals surface area contributed by atoms with Gasteiger partial charge in [0, 0.05) is 0 Å². The van der Waals surface area contributed by atoms with Gasteiger partial charge in [0.05, 0.1) is 10.5 Å². The Morgan fingerprint density at radius 2 is 1.88 bits per heavy atom. The third-order valence-corrected chi connectivity index (χ3v) is 4.93. The average Bonchev–Trinajstić information content (AvgIpc) is 2.85. The summed E-state index contributed by atoms with van der Waals surface area (Å²) in [5.41, 5.74) is 4.46. The molecular formula is C18H14N2O3S2. The zero-order chi connectivity index (χ0) is 18.0. The van der Waals surface area contributed by atoms with Crippen LogP contribution >= 0.6 is 24.0 Å². The summed E-state index contributed by atoms with van der Waals surface area (Å²) in [5.74, 6) is -1.17. The van der Waals surface area contributed by atoms with Crippen LogP contribution in [0.5, 0.6) is 5.75 Å². The van der Waals surface area contributed by atoms with Gasteiger partial charge >= 0.3 is 0 Å². The second-order valence-electron chi connectivity index (χ2n) is 5.33. The van der Waals surface area contributed by atoms with Crippen molar-refractivity contribution in [3.63, 3.8) is 0 Å². The molecule has 1 aliphatic rings.